The van der Waals surface area contributed by atoms with Crippen LogP contribution in [0.1, 0.15) is 17.5 Å². The van der Waals surface area contributed by atoms with Crippen LogP contribution in [0.4, 0.5) is 26.4 Å². The normalized spacial score (nSPS) is 17.2. The Bertz CT molecular complexity index is 968. The van der Waals surface area contributed by atoms with E-state index in [1.54, 1.807) is 24.3 Å². The van der Waals surface area contributed by atoms with Gasteiger partial charge in [-0.1, -0.05) is 12.1 Å². The molecule has 1 atom stereocenters. The molecular formula is C20H20F2N6O. The fourth-order valence-electron chi connectivity index (χ4n) is 3.15. The third-order valence-electron chi connectivity index (χ3n) is 4.56. The molecule has 2 aromatic carbocycles. The van der Waals surface area contributed by atoms with Crippen LogP contribution in [-0.2, 0) is 11.3 Å². The molecule has 150 valence electrons. The van der Waals surface area contributed by atoms with Gasteiger partial charge in [0.25, 0.3) is 0 Å². The molecule has 0 radical (unpaired) electrons. The van der Waals surface area contributed by atoms with Crippen molar-refractivity contribution in [3.63, 3.8) is 0 Å². The molecule has 1 fully saturated rings. The van der Waals surface area contributed by atoms with Gasteiger partial charge in [0.1, 0.15) is 17.5 Å². The summed E-state index contributed by atoms with van der Waals surface area (Å²) in [5.41, 5.74) is 7.40. The maximum Gasteiger partial charge on any atom is 0.232 e. The average molecular weight is 398 g/mol. The monoisotopic (exact) mass is 398 g/mol. The molecule has 3 aromatic rings. The van der Waals surface area contributed by atoms with Crippen LogP contribution in [0, 0.1) is 11.6 Å². The zero-order valence-corrected chi connectivity index (χ0v) is 15.6. The lowest BCUT2D eigenvalue weighted by atomic mass is 10.1. The highest BCUT2D eigenvalue weighted by atomic mass is 19.1. The van der Waals surface area contributed by atoms with Crippen molar-refractivity contribution in [2.45, 2.75) is 12.6 Å². The summed E-state index contributed by atoms with van der Waals surface area (Å²) in [7, 11) is 0. The second-order valence-corrected chi connectivity index (χ2v) is 6.71. The quantitative estimate of drug-likeness (QED) is 0.683. The van der Waals surface area contributed by atoms with Crippen molar-refractivity contribution in [2.24, 2.45) is 0 Å². The number of benzene rings is 2. The summed E-state index contributed by atoms with van der Waals surface area (Å²) >= 11 is 0. The largest absolute Gasteiger partial charge is 0.371 e. The predicted molar refractivity (Wildman–Crippen MR) is 104 cm³/mol. The number of nitrogens with one attached hydrogen (secondary N) is 1. The van der Waals surface area contributed by atoms with Crippen LogP contribution in [0.2, 0.25) is 0 Å². The van der Waals surface area contributed by atoms with E-state index in [1.807, 2.05) is 0 Å². The number of anilines is 3. The summed E-state index contributed by atoms with van der Waals surface area (Å²) in [6.45, 7) is 2.34. The molecular weight excluding hydrogens is 378 g/mol. The Morgan fingerprint density at radius 3 is 2.41 bits per heavy atom. The van der Waals surface area contributed by atoms with Gasteiger partial charge in [0.2, 0.25) is 11.9 Å². The van der Waals surface area contributed by atoms with E-state index in [1.165, 1.54) is 24.3 Å². The van der Waals surface area contributed by atoms with Crippen molar-refractivity contribution in [1.82, 2.24) is 19.9 Å². The third-order valence-corrected chi connectivity index (χ3v) is 4.56. The number of rotatable bonds is 5. The fourth-order valence-corrected chi connectivity index (χ4v) is 3.15. The maximum absolute atomic E-state index is 13.2. The third kappa shape index (κ3) is 5.01. The molecule has 2 heterocycles. The molecule has 1 aromatic heterocycles. The van der Waals surface area contributed by atoms with E-state index >= 15 is 0 Å². The van der Waals surface area contributed by atoms with Gasteiger partial charge >= 0.3 is 0 Å². The molecule has 29 heavy (non-hydrogen) atoms. The second kappa shape index (κ2) is 8.46. The first-order valence-electron chi connectivity index (χ1n) is 9.17. The fraction of sp³-hybridized carbons (Fsp3) is 0.250. The van der Waals surface area contributed by atoms with Crippen molar-refractivity contribution in [3.8, 4) is 0 Å². The van der Waals surface area contributed by atoms with Gasteiger partial charge in [0.15, 0.2) is 0 Å². The molecule has 0 saturated carbocycles. The van der Waals surface area contributed by atoms with Gasteiger partial charge < -0.3 is 15.8 Å². The highest BCUT2D eigenvalue weighted by molar-refractivity contribution is 5.53. The lowest BCUT2D eigenvalue weighted by Crippen LogP contribution is -2.38. The standard InChI is InChI=1S/C20H20F2N6O/c21-14-3-1-13(2-4-14)17-11-28(9-10-29-17)12-18-25-19(23)27-20(26-18)24-16-7-5-15(22)6-8-16/h1-8,17H,9-12H2,(H3,23,24,25,26,27)/t17-/m1/s1. The Balaban J connectivity index is 1.45. The van der Waals surface area contributed by atoms with E-state index in [9.17, 15) is 8.78 Å². The smallest absolute Gasteiger partial charge is 0.232 e. The van der Waals surface area contributed by atoms with Crippen LogP contribution >= 0.6 is 0 Å². The van der Waals surface area contributed by atoms with Gasteiger partial charge in [-0.15, -0.1) is 0 Å². The zero-order valence-electron chi connectivity index (χ0n) is 15.6. The molecule has 0 unspecified atom stereocenters. The number of hydrogen-bond acceptors (Lipinski definition) is 7. The molecule has 0 bridgehead atoms. The van der Waals surface area contributed by atoms with Gasteiger partial charge in [0, 0.05) is 18.8 Å². The molecule has 3 N–H and O–H groups in total. The summed E-state index contributed by atoms with van der Waals surface area (Å²) in [5, 5.41) is 3.00. The van der Waals surface area contributed by atoms with E-state index in [2.05, 4.69) is 25.2 Å². The number of aromatic nitrogens is 3. The van der Waals surface area contributed by atoms with Crippen LogP contribution in [-0.4, -0.2) is 39.5 Å². The first-order valence-corrected chi connectivity index (χ1v) is 9.17. The highest BCUT2D eigenvalue weighted by Crippen LogP contribution is 2.23. The topological polar surface area (TPSA) is 89.2 Å². The first kappa shape index (κ1) is 19.2. The Hall–Kier alpha value is -3.17. The Morgan fingerprint density at radius 1 is 1.00 bits per heavy atom. The maximum atomic E-state index is 13.2. The SMILES string of the molecule is Nc1nc(CN2CCO[C@@H](c3ccc(F)cc3)C2)nc(Nc2ccc(F)cc2)n1. The van der Waals surface area contributed by atoms with Crippen molar-refractivity contribution < 1.29 is 13.5 Å². The zero-order chi connectivity index (χ0) is 20.2. The Kier molecular flexibility index (Phi) is 5.59. The van der Waals surface area contributed by atoms with Crippen molar-refractivity contribution in [3.05, 3.63) is 71.6 Å². The summed E-state index contributed by atoms with van der Waals surface area (Å²) in [6, 6.07) is 12.2. The lowest BCUT2D eigenvalue weighted by molar-refractivity contribution is -0.0336. The number of nitrogens with zero attached hydrogens (tertiary/aromatic N) is 4. The molecule has 1 saturated heterocycles. The first-order chi connectivity index (χ1) is 14.0. The summed E-state index contributed by atoms with van der Waals surface area (Å²) in [4.78, 5) is 14.9. The van der Waals surface area contributed by atoms with Gasteiger partial charge in [0.05, 0.1) is 19.3 Å². The minimum Gasteiger partial charge on any atom is -0.371 e. The Labute approximate surface area is 166 Å². The number of nitrogen functional groups attached to an aromatic ring is 1. The van der Waals surface area contributed by atoms with Crippen LogP contribution in [0.25, 0.3) is 0 Å². The average Bonchev–Trinajstić information content (AvgIpc) is 2.70. The second-order valence-electron chi connectivity index (χ2n) is 6.71. The van der Waals surface area contributed by atoms with E-state index in [0.29, 0.717) is 43.7 Å². The number of morpholine rings is 1. The molecule has 9 heteroatoms. The molecule has 7 nitrogen and oxygen atoms in total. The van der Waals surface area contributed by atoms with Gasteiger partial charge in [-0.05, 0) is 42.0 Å². The molecule has 4 rings (SSSR count). The molecule has 0 aliphatic carbocycles. The summed E-state index contributed by atoms with van der Waals surface area (Å²) in [6.07, 6.45) is -0.152. The lowest BCUT2D eigenvalue weighted by Gasteiger charge is -2.32. The van der Waals surface area contributed by atoms with Crippen LogP contribution < -0.4 is 11.1 Å². The van der Waals surface area contributed by atoms with Crippen LogP contribution in [0.3, 0.4) is 0 Å². The van der Waals surface area contributed by atoms with Crippen molar-refractivity contribution >= 4 is 17.6 Å². The summed E-state index contributed by atoms with van der Waals surface area (Å²) < 4.78 is 32.0. The van der Waals surface area contributed by atoms with E-state index < -0.39 is 0 Å². The summed E-state index contributed by atoms with van der Waals surface area (Å²) in [5.74, 6) is 0.310. The molecule has 0 spiro atoms. The van der Waals surface area contributed by atoms with Gasteiger partial charge in [-0.3, -0.25) is 4.90 Å². The van der Waals surface area contributed by atoms with Crippen LogP contribution in [0.5, 0.6) is 0 Å². The Morgan fingerprint density at radius 2 is 1.69 bits per heavy atom. The predicted octanol–water partition coefficient (Wildman–Crippen LogP) is 3.05. The van der Waals surface area contributed by atoms with Gasteiger partial charge in [-0.2, -0.15) is 15.0 Å². The van der Waals surface area contributed by atoms with Crippen molar-refractivity contribution in [1.29, 1.82) is 0 Å². The molecule has 1 aliphatic rings. The highest BCUT2D eigenvalue weighted by Gasteiger charge is 2.23. The van der Waals surface area contributed by atoms with Crippen LogP contribution in [0.15, 0.2) is 48.5 Å². The number of hydrogen-bond donors (Lipinski definition) is 2. The number of nitrogens with two attached hydrogens (primary N) is 1. The molecule has 1 aliphatic heterocycles. The van der Waals surface area contributed by atoms with E-state index in [-0.39, 0.29) is 23.7 Å². The molecule has 0 amide bonds. The minimum atomic E-state index is -0.325. The van der Waals surface area contributed by atoms with Crippen molar-refractivity contribution in [2.75, 3.05) is 30.7 Å². The number of halogens is 2. The van der Waals surface area contributed by atoms with E-state index in [4.69, 9.17) is 10.5 Å². The number of ether oxygens (including phenoxy) is 1. The minimum absolute atomic E-state index is 0.1000. The van der Waals surface area contributed by atoms with Gasteiger partial charge in [-0.25, -0.2) is 8.78 Å². The van der Waals surface area contributed by atoms with E-state index in [0.717, 1.165) is 5.56 Å².